The van der Waals surface area contributed by atoms with Crippen LogP contribution in [0.5, 0.6) is 0 Å². The number of hydrogen-bond donors (Lipinski definition) is 1. The number of hydrogen-bond acceptors (Lipinski definition) is 4. The smallest absolute Gasteiger partial charge is 0.263 e. The largest absolute Gasteiger partial charge is 0.324 e. The zero-order chi connectivity index (χ0) is 20.5. The van der Waals surface area contributed by atoms with Crippen molar-refractivity contribution >= 4 is 49.1 Å². The van der Waals surface area contributed by atoms with Crippen molar-refractivity contribution in [1.82, 2.24) is 9.55 Å². The van der Waals surface area contributed by atoms with Gasteiger partial charge in [-0.1, -0.05) is 35.9 Å². The summed E-state index contributed by atoms with van der Waals surface area (Å²) in [6.45, 7) is 3.89. The van der Waals surface area contributed by atoms with Crippen LogP contribution in [-0.2, 0) is 11.3 Å². The lowest BCUT2D eigenvalue weighted by Gasteiger charge is -2.10. The SMILES string of the molecule is Cc1ccc(-c2csc3ncn(CC(=O)Nc4ccc(C)cc4Br)c(=O)c23)cc1. The normalized spacial score (nSPS) is 11.0. The van der Waals surface area contributed by atoms with Crippen LogP contribution >= 0.6 is 27.3 Å². The van der Waals surface area contributed by atoms with Crippen molar-refractivity contribution in [1.29, 1.82) is 0 Å². The van der Waals surface area contributed by atoms with Crippen molar-refractivity contribution in [2.45, 2.75) is 20.4 Å². The van der Waals surface area contributed by atoms with Crippen LogP contribution in [0.2, 0.25) is 0 Å². The predicted octanol–water partition coefficient (Wildman–Crippen LogP) is 5.14. The number of rotatable bonds is 4. The van der Waals surface area contributed by atoms with E-state index in [-0.39, 0.29) is 18.0 Å². The zero-order valence-corrected chi connectivity index (χ0v) is 18.3. The number of amides is 1. The maximum atomic E-state index is 13.1. The molecule has 5 nitrogen and oxygen atoms in total. The topological polar surface area (TPSA) is 64.0 Å². The van der Waals surface area contributed by atoms with E-state index in [0.717, 1.165) is 26.7 Å². The fourth-order valence-electron chi connectivity index (χ4n) is 3.09. The second kappa shape index (κ2) is 7.93. The number of nitrogens with zero attached hydrogens (tertiary/aromatic N) is 2. The number of thiophene rings is 1. The molecule has 2 heterocycles. The van der Waals surface area contributed by atoms with Crippen molar-refractivity contribution in [3.8, 4) is 11.1 Å². The van der Waals surface area contributed by atoms with Crippen LogP contribution in [0.25, 0.3) is 21.3 Å². The molecule has 0 aliphatic rings. The molecule has 0 radical (unpaired) electrons. The molecule has 29 heavy (non-hydrogen) atoms. The standard InChI is InChI=1S/C22H18BrN3O2S/c1-13-3-6-15(7-4-13)16-11-29-21-20(16)22(28)26(12-24-21)10-19(27)25-18-8-5-14(2)9-17(18)23/h3-9,11-12H,10H2,1-2H3,(H,25,27). The summed E-state index contributed by atoms with van der Waals surface area (Å²) < 4.78 is 2.15. The second-order valence-corrected chi connectivity index (χ2v) is 8.62. The van der Waals surface area contributed by atoms with Gasteiger partial charge in [0.2, 0.25) is 5.91 Å². The fourth-order valence-corrected chi connectivity index (χ4v) is 4.59. The Bertz CT molecular complexity index is 1280. The molecule has 0 fully saturated rings. The molecule has 0 aliphatic carbocycles. The minimum Gasteiger partial charge on any atom is -0.324 e. The van der Waals surface area contributed by atoms with Crippen molar-refractivity contribution in [3.05, 3.63) is 80.1 Å². The van der Waals surface area contributed by atoms with Gasteiger partial charge in [0.15, 0.2) is 0 Å². The highest BCUT2D eigenvalue weighted by Gasteiger charge is 2.15. The molecule has 0 bridgehead atoms. The molecular weight excluding hydrogens is 450 g/mol. The van der Waals surface area contributed by atoms with Crippen LogP contribution < -0.4 is 10.9 Å². The average Bonchev–Trinajstić information content (AvgIpc) is 3.12. The number of fused-ring (bicyclic) bond motifs is 1. The predicted molar refractivity (Wildman–Crippen MR) is 122 cm³/mol. The molecule has 0 spiro atoms. The van der Waals surface area contributed by atoms with Crippen molar-refractivity contribution in [2.75, 3.05) is 5.32 Å². The highest BCUT2D eigenvalue weighted by atomic mass is 79.9. The number of anilines is 1. The Morgan fingerprint density at radius 2 is 1.86 bits per heavy atom. The number of halogens is 1. The van der Waals surface area contributed by atoms with E-state index in [4.69, 9.17) is 0 Å². The molecule has 2 aromatic heterocycles. The molecule has 4 rings (SSSR count). The summed E-state index contributed by atoms with van der Waals surface area (Å²) in [4.78, 5) is 30.7. The third kappa shape index (κ3) is 4.02. The Morgan fingerprint density at radius 1 is 1.14 bits per heavy atom. The van der Waals surface area contributed by atoms with Crippen LogP contribution in [0.3, 0.4) is 0 Å². The summed E-state index contributed by atoms with van der Waals surface area (Å²) in [5, 5.41) is 5.33. The first kappa shape index (κ1) is 19.5. The van der Waals surface area contributed by atoms with Gasteiger partial charge >= 0.3 is 0 Å². The van der Waals surface area contributed by atoms with Gasteiger partial charge in [0.05, 0.1) is 17.4 Å². The van der Waals surface area contributed by atoms with E-state index in [1.807, 2.05) is 61.7 Å². The Morgan fingerprint density at radius 3 is 2.59 bits per heavy atom. The average molecular weight is 468 g/mol. The maximum absolute atomic E-state index is 13.1. The Labute approximate surface area is 180 Å². The molecule has 0 atom stereocenters. The molecule has 0 aliphatic heterocycles. The Hall–Kier alpha value is -2.77. The summed E-state index contributed by atoms with van der Waals surface area (Å²) in [6.07, 6.45) is 1.43. The minimum absolute atomic E-state index is 0.106. The van der Waals surface area contributed by atoms with Gasteiger partial charge in [-0.15, -0.1) is 11.3 Å². The highest BCUT2D eigenvalue weighted by molar-refractivity contribution is 9.10. The minimum atomic E-state index is -0.287. The van der Waals surface area contributed by atoms with Gasteiger partial charge in [-0.05, 0) is 53.0 Å². The summed E-state index contributed by atoms with van der Waals surface area (Å²) in [5.41, 5.74) is 4.50. The van der Waals surface area contributed by atoms with Crippen molar-refractivity contribution < 1.29 is 4.79 Å². The first-order valence-electron chi connectivity index (χ1n) is 9.02. The van der Waals surface area contributed by atoms with Gasteiger partial charge in [-0.3, -0.25) is 14.2 Å². The van der Waals surface area contributed by atoms with Crippen LogP contribution in [0.15, 0.2) is 63.4 Å². The molecule has 1 N–H and O–H groups in total. The third-order valence-corrected chi connectivity index (χ3v) is 6.18. The van der Waals surface area contributed by atoms with Crippen LogP contribution in [-0.4, -0.2) is 15.5 Å². The zero-order valence-electron chi connectivity index (χ0n) is 15.9. The molecular formula is C22H18BrN3O2S. The summed E-state index contributed by atoms with van der Waals surface area (Å²) in [7, 11) is 0. The maximum Gasteiger partial charge on any atom is 0.263 e. The number of aromatic nitrogens is 2. The van der Waals surface area contributed by atoms with E-state index in [1.54, 1.807) is 0 Å². The summed E-state index contributed by atoms with van der Waals surface area (Å²) in [6, 6.07) is 13.7. The molecule has 0 saturated carbocycles. The van der Waals surface area contributed by atoms with Crippen LogP contribution in [0.1, 0.15) is 11.1 Å². The van der Waals surface area contributed by atoms with Gasteiger partial charge in [0.25, 0.3) is 5.56 Å². The van der Waals surface area contributed by atoms with E-state index >= 15 is 0 Å². The van der Waals surface area contributed by atoms with Crippen LogP contribution in [0, 0.1) is 13.8 Å². The fraction of sp³-hybridized carbons (Fsp3) is 0.136. The van der Waals surface area contributed by atoms with Gasteiger partial charge in [0, 0.05) is 15.4 Å². The van der Waals surface area contributed by atoms with Gasteiger partial charge in [-0.2, -0.15) is 0 Å². The lowest BCUT2D eigenvalue weighted by atomic mass is 10.1. The number of carbonyl (C=O) groups is 1. The number of nitrogens with one attached hydrogen (secondary N) is 1. The first-order valence-corrected chi connectivity index (χ1v) is 10.7. The molecule has 0 saturated heterocycles. The Kier molecular flexibility index (Phi) is 5.34. The third-order valence-electron chi connectivity index (χ3n) is 4.64. The van der Waals surface area contributed by atoms with E-state index in [2.05, 4.69) is 26.2 Å². The highest BCUT2D eigenvalue weighted by Crippen LogP contribution is 2.30. The lowest BCUT2D eigenvalue weighted by Crippen LogP contribution is -2.27. The molecule has 0 unspecified atom stereocenters. The molecule has 2 aromatic carbocycles. The van der Waals surface area contributed by atoms with E-state index < -0.39 is 0 Å². The molecule has 7 heteroatoms. The monoisotopic (exact) mass is 467 g/mol. The Balaban J connectivity index is 1.65. The van der Waals surface area contributed by atoms with Crippen molar-refractivity contribution in [3.63, 3.8) is 0 Å². The van der Waals surface area contributed by atoms with Crippen LogP contribution in [0.4, 0.5) is 5.69 Å². The first-order chi connectivity index (χ1) is 13.9. The molecule has 4 aromatic rings. The van der Waals surface area contributed by atoms with Crippen molar-refractivity contribution in [2.24, 2.45) is 0 Å². The van der Waals surface area contributed by atoms with Gasteiger partial charge in [0.1, 0.15) is 11.4 Å². The molecule has 146 valence electrons. The quantitative estimate of drug-likeness (QED) is 0.451. The molecule has 1 amide bonds. The van der Waals surface area contributed by atoms with E-state index in [9.17, 15) is 9.59 Å². The number of aryl methyl sites for hydroxylation is 2. The number of benzene rings is 2. The summed E-state index contributed by atoms with van der Waals surface area (Å²) in [5.74, 6) is -0.287. The number of carbonyl (C=O) groups excluding carboxylic acids is 1. The van der Waals surface area contributed by atoms with E-state index in [1.165, 1.54) is 22.2 Å². The van der Waals surface area contributed by atoms with Gasteiger partial charge < -0.3 is 5.32 Å². The summed E-state index contributed by atoms with van der Waals surface area (Å²) >= 11 is 4.88. The second-order valence-electron chi connectivity index (χ2n) is 6.90. The van der Waals surface area contributed by atoms with E-state index in [0.29, 0.717) is 15.9 Å². The van der Waals surface area contributed by atoms with Gasteiger partial charge in [-0.25, -0.2) is 4.98 Å². The lowest BCUT2D eigenvalue weighted by molar-refractivity contribution is -0.116.